The van der Waals surface area contributed by atoms with Gasteiger partial charge in [0, 0.05) is 13.1 Å². The Balaban J connectivity index is 4.19. The van der Waals surface area contributed by atoms with Gasteiger partial charge in [0.15, 0.2) is 0 Å². The third kappa shape index (κ3) is 11.6. The molecule has 2 unspecified atom stereocenters. The molecule has 0 saturated heterocycles. The van der Waals surface area contributed by atoms with Crippen LogP contribution in [-0.4, -0.2) is 75.0 Å². The Kier molecular flexibility index (Phi) is 13.2. The summed E-state index contributed by atoms with van der Waals surface area (Å²) in [5.74, 6) is -5.32. The second-order valence-electron chi connectivity index (χ2n) is 6.35. The molecule has 0 fully saturated rings. The first-order valence-corrected chi connectivity index (χ1v) is 9.55. The van der Waals surface area contributed by atoms with Gasteiger partial charge < -0.3 is 30.7 Å². The second kappa shape index (κ2) is 14.8. The van der Waals surface area contributed by atoms with Crippen LogP contribution in [0.2, 0.25) is 0 Å². The van der Waals surface area contributed by atoms with E-state index in [9.17, 15) is 28.8 Å². The summed E-state index contributed by atoms with van der Waals surface area (Å²) in [6.07, 6.45) is 0. The van der Waals surface area contributed by atoms with Crippen molar-refractivity contribution >= 4 is 35.6 Å². The van der Waals surface area contributed by atoms with E-state index in [0.717, 1.165) is 0 Å². The molecule has 2 atom stereocenters. The van der Waals surface area contributed by atoms with Crippen LogP contribution in [0.5, 0.6) is 0 Å². The summed E-state index contributed by atoms with van der Waals surface area (Å²) in [5, 5.41) is 9.14. The topological polar surface area (TPSA) is 169 Å². The lowest BCUT2D eigenvalue weighted by molar-refractivity contribution is -0.145. The molecule has 30 heavy (non-hydrogen) atoms. The molecule has 0 aliphatic heterocycles. The standard InChI is InChI=1S/C18H30N4O8/c1-5-29-13(23)9-21-17(27)15(25)19-7-11(3)12(4)8-20-16(26)18(28)22-10-14(24)30-6-2/h11-12H,5-10H2,1-4H3,(H,19,25)(H,20,26)(H,21,27)(H,22,28). The van der Waals surface area contributed by atoms with E-state index in [1.807, 2.05) is 0 Å². The average Bonchev–Trinajstić information content (AvgIpc) is 2.71. The third-order valence-corrected chi connectivity index (χ3v) is 3.95. The molecule has 0 bridgehead atoms. The minimum atomic E-state index is -0.963. The van der Waals surface area contributed by atoms with Crippen molar-refractivity contribution in [3.8, 4) is 0 Å². The van der Waals surface area contributed by atoms with Crippen LogP contribution in [0.1, 0.15) is 27.7 Å². The summed E-state index contributed by atoms with van der Waals surface area (Å²) in [6.45, 7) is 6.60. The highest BCUT2D eigenvalue weighted by Crippen LogP contribution is 2.08. The Hall–Kier alpha value is -3.18. The summed E-state index contributed by atoms with van der Waals surface area (Å²) in [7, 11) is 0. The first-order chi connectivity index (χ1) is 14.1. The molecule has 4 amide bonds. The highest BCUT2D eigenvalue weighted by atomic mass is 16.5. The van der Waals surface area contributed by atoms with Crippen LogP contribution in [-0.2, 0) is 38.2 Å². The molecule has 0 radical (unpaired) electrons. The average molecular weight is 430 g/mol. The van der Waals surface area contributed by atoms with E-state index in [-0.39, 0.29) is 38.1 Å². The Morgan fingerprint density at radius 1 is 0.600 bits per heavy atom. The molecule has 0 aromatic rings. The van der Waals surface area contributed by atoms with Crippen LogP contribution in [0, 0.1) is 11.8 Å². The van der Waals surface area contributed by atoms with Crippen LogP contribution in [0.15, 0.2) is 0 Å². The van der Waals surface area contributed by atoms with E-state index < -0.39 is 48.7 Å². The predicted molar refractivity (Wildman–Crippen MR) is 104 cm³/mol. The zero-order valence-corrected chi connectivity index (χ0v) is 17.7. The fraction of sp³-hybridized carbons (Fsp3) is 0.667. The van der Waals surface area contributed by atoms with Gasteiger partial charge in [0.2, 0.25) is 0 Å². The molecular formula is C18H30N4O8. The number of nitrogens with one attached hydrogen (secondary N) is 4. The lowest BCUT2D eigenvalue weighted by Gasteiger charge is -2.20. The molecule has 0 heterocycles. The Morgan fingerprint density at radius 2 is 0.900 bits per heavy atom. The van der Waals surface area contributed by atoms with Crippen LogP contribution >= 0.6 is 0 Å². The fourth-order valence-corrected chi connectivity index (χ4v) is 1.96. The molecule has 0 aliphatic carbocycles. The Bertz CT molecular complexity index is 584. The van der Waals surface area contributed by atoms with Gasteiger partial charge in [0.25, 0.3) is 0 Å². The highest BCUT2D eigenvalue weighted by molar-refractivity contribution is 6.35. The minimum Gasteiger partial charge on any atom is -0.465 e. The maximum Gasteiger partial charge on any atom is 0.325 e. The van der Waals surface area contributed by atoms with Crippen LogP contribution in [0.4, 0.5) is 0 Å². The molecule has 12 nitrogen and oxygen atoms in total. The van der Waals surface area contributed by atoms with Gasteiger partial charge in [0.1, 0.15) is 13.1 Å². The van der Waals surface area contributed by atoms with Crippen molar-refractivity contribution in [2.75, 3.05) is 39.4 Å². The first-order valence-electron chi connectivity index (χ1n) is 9.55. The molecule has 0 aromatic heterocycles. The van der Waals surface area contributed by atoms with E-state index in [0.29, 0.717) is 0 Å². The number of esters is 2. The van der Waals surface area contributed by atoms with E-state index >= 15 is 0 Å². The zero-order chi connectivity index (χ0) is 23.1. The van der Waals surface area contributed by atoms with Crippen molar-refractivity contribution in [3.05, 3.63) is 0 Å². The summed E-state index contributed by atoms with van der Waals surface area (Å²) >= 11 is 0. The summed E-state index contributed by atoms with van der Waals surface area (Å²) in [6, 6.07) is 0. The number of amides is 4. The maximum absolute atomic E-state index is 11.7. The van der Waals surface area contributed by atoms with Gasteiger partial charge in [-0.2, -0.15) is 0 Å². The molecule has 0 aromatic carbocycles. The van der Waals surface area contributed by atoms with Crippen LogP contribution < -0.4 is 21.3 Å². The monoisotopic (exact) mass is 430 g/mol. The fourth-order valence-electron chi connectivity index (χ4n) is 1.96. The zero-order valence-electron chi connectivity index (χ0n) is 17.7. The smallest absolute Gasteiger partial charge is 0.325 e. The molecule has 0 spiro atoms. The molecule has 12 heteroatoms. The van der Waals surface area contributed by atoms with Crippen molar-refractivity contribution in [3.63, 3.8) is 0 Å². The number of carbonyl (C=O) groups excluding carboxylic acids is 6. The van der Waals surface area contributed by atoms with Gasteiger partial charge in [0.05, 0.1) is 13.2 Å². The van der Waals surface area contributed by atoms with Gasteiger partial charge in [-0.25, -0.2) is 0 Å². The third-order valence-electron chi connectivity index (χ3n) is 3.95. The molecule has 0 saturated carbocycles. The van der Waals surface area contributed by atoms with Crippen molar-refractivity contribution in [1.29, 1.82) is 0 Å². The SMILES string of the molecule is CCOC(=O)CNC(=O)C(=O)NCC(C)C(C)CNC(=O)C(=O)NCC(=O)OCC. The maximum atomic E-state index is 11.7. The molecular weight excluding hydrogens is 400 g/mol. The minimum absolute atomic E-state index is 0.137. The van der Waals surface area contributed by atoms with Crippen LogP contribution in [0.25, 0.3) is 0 Å². The number of carbonyl (C=O) groups is 6. The molecule has 0 aliphatic rings. The lowest BCUT2D eigenvalue weighted by atomic mass is 9.96. The highest BCUT2D eigenvalue weighted by Gasteiger charge is 2.20. The van der Waals surface area contributed by atoms with Crippen molar-refractivity contribution in [2.24, 2.45) is 11.8 Å². The predicted octanol–water partition coefficient (Wildman–Crippen LogP) is -2.15. The van der Waals surface area contributed by atoms with Crippen LogP contribution in [0.3, 0.4) is 0 Å². The second-order valence-corrected chi connectivity index (χ2v) is 6.35. The molecule has 170 valence electrons. The van der Waals surface area contributed by atoms with Crippen molar-refractivity contribution in [1.82, 2.24) is 21.3 Å². The number of ether oxygens (including phenoxy) is 2. The van der Waals surface area contributed by atoms with Crippen molar-refractivity contribution in [2.45, 2.75) is 27.7 Å². The summed E-state index contributed by atoms with van der Waals surface area (Å²) in [4.78, 5) is 69.0. The quantitative estimate of drug-likeness (QED) is 0.212. The van der Waals surface area contributed by atoms with Gasteiger partial charge in [-0.1, -0.05) is 13.8 Å². The van der Waals surface area contributed by atoms with E-state index in [4.69, 9.17) is 0 Å². The number of rotatable bonds is 11. The van der Waals surface area contributed by atoms with Gasteiger partial charge in [-0.05, 0) is 25.7 Å². The summed E-state index contributed by atoms with van der Waals surface area (Å²) in [5.41, 5.74) is 0. The lowest BCUT2D eigenvalue weighted by Crippen LogP contribution is -2.46. The largest absolute Gasteiger partial charge is 0.465 e. The van der Waals surface area contributed by atoms with Gasteiger partial charge in [-0.3, -0.25) is 28.8 Å². The van der Waals surface area contributed by atoms with E-state index in [1.54, 1.807) is 27.7 Å². The van der Waals surface area contributed by atoms with Gasteiger partial charge >= 0.3 is 35.6 Å². The van der Waals surface area contributed by atoms with E-state index in [2.05, 4.69) is 30.7 Å². The number of hydrogen-bond donors (Lipinski definition) is 4. The van der Waals surface area contributed by atoms with Crippen molar-refractivity contribution < 1.29 is 38.2 Å². The molecule has 0 rings (SSSR count). The van der Waals surface area contributed by atoms with E-state index in [1.165, 1.54) is 0 Å². The number of hydrogen-bond acceptors (Lipinski definition) is 8. The Morgan fingerprint density at radius 3 is 1.20 bits per heavy atom. The van der Waals surface area contributed by atoms with Gasteiger partial charge in [-0.15, -0.1) is 0 Å². The Labute approximate surface area is 174 Å². The normalized spacial score (nSPS) is 12.0. The summed E-state index contributed by atoms with van der Waals surface area (Å²) < 4.78 is 9.26. The molecule has 4 N–H and O–H groups in total. The first kappa shape index (κ1) is 26.8.